The average Bonchev–Trinajstić information content (AvgIpc) is 2.64. The summed E-state index contributed by atoms with van der Waals surface area (Å²) < 4.78 is 5.12. The molecule has 0 aliphatic carbocycles. The van der Waals surface area contributed by atoms with Crippen molar-refractivity contribution in [3.05, 3.63) is 65.2 Å². The number of amides is 1. The van der Waals surface area contributed by atoms with Gasteiger partial charge in [-0.15, -0.1) is 0 Å². The highest BCUT2D eigenvalue weighted by atomic mass is 32.2. The highest BCUT2D eigenvalue weighted by Gasteiger charge is 2.21. The first-order chi connectivity index (χ1) is 12.1. The lowest BCUT2D eigenvalue weighted by molar-refractivity contribution is -0.139. The van der Waals surface area contributed by atoms with Gasteiger partial charge in [0.25, 0.3) is 5.91 Å². The van der Waals surface area contributed by atoms with Crippen LogP contribution >= 0.6 is 11.8 Å². The molecule has 3 rings (SSSR count). The number of fused-ring (bicyclic) bond motifs is 1. The molecule has 0 saturated heterocycles. The lowest BCUT2D eigenvalue weighted by Crippen LogP contribution is -2.29. The molecule has 1 aliphatic rings. The van der Waals surface area contributed by atoms with Gasteiger partial charge >= 0.3 is 5.97 Å². The zero-order chi connectivity index (χ0) is 17.6. The largest absolute Gasteiger partial charge is 0.482 e. The molecule has 1 heterocycles. The number of benzene rings is 2. The first kappa shape index (κ1) is 17.4. The maximum Gasteiger partial charge on any atom is 0.341 e. The Kier molecular flexibility index (Phi) is 5.60. The van der Waals surface area contributed by atoms with Crippen molar-refractivity contribution in [3.8, 4) is 5.75 Å². The quantitative estimate of drug-likeness (QED) is 0.831. The summed E-state index contributed by atoms with van der Waals surface area (Å²) in [4.78, 5) is 23.0. The number of carboxylic acids is 1. The Morgan fingerprint density at radius 2 is 2.04 bits per heavy atom. The summed E-state index contributed by atoms with van der Waals surface area (Å²) in [7, 11) is 0. The summed E-state index contributed by atoms with van der Waals surface area (Å²) in [6.07, 6.45) is 1.06. The van der Waals surface area contributed by atoms with Gasteiger partial charge in [0.15, 0.2) is 6.61 Å². The van der Waals surface area contributed by atoms with E-state index in [1.807, 2.05) is 23.9 Å². The van der Waals surface area contributed by atoms with Gasteiger partial charge in [-0.3, -0.25) is 4.79 Å². The summed E-state index contributed by atoms with van der Waals surface area (Å²) in [5.74, 6) is 0.176. The average molecular weight is 357 g/mol. The van der Waals surface area contributed by atoms with Crippen molar-refractivity contribution < 1.29 is 19.4 Å². The van der Waals surface area contributed by atoms with Gasteiger partial charge < -0.3 is 15.2 Å². The molecule has 2 aromatic carbocycles. The van der Waals surface area contributed by atoms with Crippen LogP contribution < -0.4 is 10.1 Å². The number of rotatable bonds is 6. The maximum absolute atomic E-state index is 12.4. The van der Waals surface area contributed by atoms with Gasteiger partial charge in [0, 0.05) is 17.4 Å². The fourth-order valence-electron chi connectivity index (χ4n) is 2.81. The summed E-state index contributed by atoms with van der Waals surface area (Å²) >= 11 is 1.85. The summed E-state index contributed by atoms with van der Waals surface area (Å²) in [5, 5.41) is 11.9. The number of carbonyl (C=O) groups is 2. The Hall–Kier alpha value is -2.47. The smallest absolute Gasteiger partial charge is 0.341 e. The first-order valence-electron chi connectivity index (χ1n) is 8.06. The van der Waals surface area contributed by atoms with Crippen molar-refractivity contribution in [2.24, 2.45) is 0 Å². The van der Waals surface area contributed by atoms with Gasteiger partial charge in [-0.25, -0.2) is 4.79 Å². The van der Waals surface area contributed by atoms with E-state index in [2.05, 4.69) is 17.4 Å². The van der Waals surface area contributed by atoms with E-state index in [0.29, 0.717) is 17.9 Å². The molecule has 0 saturated carbocycles. The molecule has 6 heteroatoms. The standard InChI is InChI=1S/C19H19NO4S/c21-18(22)12-24-15-6-3-5-14(10-15)19(23)20-11-17-16-7-2-1-4-13(16)8-9-25-17/h1-7,10,17H,8-9,11-12H2,(H,20,23)(H,21,22). The van der Waals surface area contributed by atoms with Gasteiger partial charge in [0.05, 0.1) is 0 Å². The number of ether oxygens (including phenoxy) is 1. The molecule has 0 fully saturated rings. The number of thioether (sulfide) groups is 1. The van der Waals surface area contributed by atoms with E-state index in [4.69, 9.17) is 9.84 Å². The van der Waals surface area contributed by atoms with Crippen molar-refractivity contribution >= 4 is 23.6 Å². The molecule has 1 atom stereocenters. The molecule has 2 N–H and O–H groups in total. The first-order valence-corrected chi connectivity index (χ1v) is 9.10. The molecular formula is C19H19NO4S. The van der Waals surface area contributed by atoms with Crippen molar-refractivity contribution in [2.75, 3.05) is 18.9 Å². The van der Waals surface area contributed by atoms with E-state index >= 15 is 0 Å². The highest BCUT2D eigenvalue weighted by molar-refractivity contribution is 7.99. The van der Waals surface area contributed by atoms with E-state index in [9.17, 15) is 9.59 Å². The number of nitrogens with one attached hydrogen (secondary N) is 1. The van der Waals surface area contributed by atoms with Crippen molar-refractivity contribution in [1.29, 1.82) is 0 Å². The minimum absolute atomic E-state index is 0.190. The van der Waals surface area contributed by atoms with Gasteiger partial charge in [0.2, 0.25) is 0 Å². The monoisotopic (exact) mass is 357 g/mol. The molecule has 1 aliphatic heterocycles. The Labute approximate surface area is 150 Å². The Morgan fingerprint density at radius 1 is 1.20 bits per heavy atom. The molecule has 0 aromatic heterocycles. The van der Waals surface area contributed by atoms with Crippen LogP contribution in [0.25, 0.3) is 0 Å². The minimum Gasteiger partial charge on any atom is -0.482 e. The summed E-state index contributed by atoms with van der Waals surface area (Å²) in [6, 6.07) is 14.9. The van der Waals surface area contributed by atoms with Crippen LogP contribution in [0.15, 0.2) is 48.5 Å². The summed E-state index contributed by atoms with van der Waals surface area (Å²) in [6.45, 7) is 0.126. The van der Waals surface area contributed by atoms with Crippen molar-refractivity contribution in [2.45, 2.75) is 11.7 Å². The van der Waals surface area contributed by atoms with Gasteiger partial charge in [-0.2, -0.15) is 11.8 Å². The molecule has 25 heavy (non-hydrogen) atoms. The molecule has 0 bridgehead atoms. The number of carboxylic acid groups (broad SMARTS) is 1. The second kappa shape index (κ2) is 8.07. The van der Waals surface area contributed by atoms with E-state index in [0.717, 1.165) is 12.2 Å². The fourth-order valence-corrected chi connectivity index (χ4v) is 4.04. The summed E-state index contributed by atoms with van der Waals surface area (Å²) in [5.41, 5.74) is 3.10. The topological polar surface area (TPSA) is 75.6 Å². The van der Waals surface area contributed by atoms with Crippen LogP contribution in [0.5, 0.6) is 5.75 Å². The number of aryl methyl sites for hydroxylation is 1. The van der Waals surface area contributed by atoms with Crippen molar-refractivity contribution in [1.82, 2.24) is 5.32 Å². The molecular weight excluding hydrogens is 338 g/mol. The van der Waals surface area contributed by atoms with Gasteiger partial charge in [-0.1, -0.05) is 30.3 Å². The third kappa shape index (κ3) is 4.54. The number of hydrogen-bond acceptors (Lipinski definition) is 4. The zero-order valence-corrected chi connectivity index (χ0v) is 14.4. The second-order valence-electron chi connectivity index (χ2n) is 5.73. The van der Waals surface area contributed by atoms with Crippen LogP contribution in [0.2, 0.25) is 0 Å². The predicted molar refractivity (Wildman–Crippen MR) is 97.3 cm³/mol. The van der Waals surface area contributed by atoms with E-state index in [1.54, 1.807) is 24.3 Å². The highest BCUT2D eigenvalue weighted by Crippen LogP contribution is 2.36. The maximum atomic E-state index is 12.4. The zero-order valence-electron chi connectivity index (χ0n) is 13.6. The Morgan fingerprint density at radius 3 is 2.88 bits per heavy atom. The third-order valence-electron chi connectivity index (χ3n) is 4.00. The van der Waals surface area contributed by atoms with Crippen LogP contribution in [-0.2, 0) is 11.2 Å². The van der Waals surface area contributed by atoms with E-state index < -0.39 is 12.6 Å². The third-order valence-corrected chi connectivity index (χ3v) is 5.26. The molecule has 2 aromatic rings. The molecule has 5 nitrogen and oxygen atoms in total. The van der Waals surface area contributed by atoms with Crippen LogP contribution in [0.3, 0.4) is 0 Å². The Bertz CT molecular complexity index is 778. The SMILES string of the molecule is O=C(O)COc1cccc(C(=O)NCC2SCCc3ccccc32)c1. The van der Waals surface area contributed by atoms with E-state index in [-0.39, 0.29) is 11.2 Å². The normalized spacial score (nSPS) is 15.9. The Balaban J connectivity index is 1.62. The molecule has 0 spiro atoms. The van der Waals surface area contributed by atoms with Crippen molar-refractivity contribution in [3.63, 3.8) is 0 Å². The second-order valence-corrected chi connectivity index (χ2v) is 7.04. The predicted octanol–water partition coefficient (Wildman–Crippen LogP) is 2.91. The van der Waals surface area contributed by atoms with Crippen LogP contribution in [-0.4, -0.2) is 35.9 Å². The lowest BCUT2D eigenvalue weighted by atomic mass is 10.0. The fraction of sp³-hybridized carbons (Fsp3) is 0.263. The molecule has 1 amide bonds. The number of carbonyl (C=O) groups excluding carboxylic acids is 1. The van der Waals surface area contributed by atoms with E-state index in [1.165, 1.54) is 11.1 Å². The number of aliphatic carboxylic acids is 1. The number of hydrogen-bond donors (Lipinski definition) is 2. The lowest BCUT2D eigenvalue weighted by Gasteiger charge is -2.25. The minimum atomic E-state index is -1.05. The van der Waals surface area contributed by atoms with Gasteiger partial charge in [-0.05, 0) is 41.5 Å². The van der Waals surface area contributed by atoms with Gasteiger partial charge in [0.1, 0.15) is 5.75 Å². The van der Waals surface area contributed by atoms with Crippen LogP contribution in [0.1, 0.15) is 26.7 Å². The molecule has 0 radical (unpaired) electrons. The molecule has 1 unspecified atom stereocenters. The van der Waals surface area contributed by atoms with Crippen LogP contribution in [0, 0.1) is 0 Å². The molecule has 130 valence electrons. The van der Waals surface area contributed by atoms with Crippen LogP contribution in [0.4, 0.5) is 0 Å².